The molecule has 1 aliphatic heterocycles. The highest BCUT2D eigenvalue weighted by atomic mass is 16.5. The first kappa shape index (κ1) is 22.2. The highest BCUT2D eigenvalue weighted by molar-refractivity contribution is 5.92. The van der Waals surface area contributed by atoms with Crippen LogP contribution in [0.15, 0.2) is 29.3 Å². The summed E-state index contributed by atoms with van der Waals surface area (Å²) in [5, 5.41) is 9.48. The number of nitrogens with zero attached hydrogens (tertiary/aromatic N) is 1. The quantitative estimate of drug-likeness (QED) is 0.325. The van der Waals surface area contributed by atoms with Gasteiger partial charge in [-0.05, 0) is 30.5 Å². The van der Waals surface area contributed by atoms with Gasteiger partial charge in [0.15, 0.2) is 5.96 Å². The van der Waals surface area contributed by atoms with Crippen molar-refractivity contribution in [2.45, 2.75) is 33.2 Å². The highest BCUT2D eigenvalue weighted by Gasteiger charge is 2.15. The second kappa shape index (κ2) is 12.4. The SMILES string of the molecule is CN=C(NCCCOCC1CCOC1)NCc1ccc(NC(=O)C(C)C)cc1. The number of carbonyl (C=O) groups is 1. The average Bonchev–Trinajstić information content (AvgIpc) is 3.21. The van der Waals surface area contributed by atoms with Crippen LogP contribution < -0.4 is 16.0 Å². The van der Waals surface area contributed by atoms with Gasteiger partial charge in [-0.3, -0.25) is 9.79 Å². The maximum Gasteiger partial charge on any atom is 0.226 e. The Morgan fingerprint density at radius 3 is 2.71 bits per heavy atom. The second-order valence-corrected chi connectivity index (χ2v) is 7.35. The maximum absolute atomic E-state index is 11.7. The molecule has 0 spiro atoms. The van der Waals surface area contributed by atoms with E-state index in [9.17, 15) is 4.79 Å². The first-order valence-corrected chi connectivity index (χ1v) is 10.1. The molecule has 1 amide bonds. The monoisotopic (exact) mass is 390 g/mol. The Morgan fingerprint density at radius 1 is 1.29 bits per heavy atom. The molecule has 7 nitrogen and oxygen atoms in total. The smallest absolute Gasteiger partial charge is 0.226 e. The van der Waals surface area contributed by atoms with Gasteiger partial charge in [0.2, 0.25) is 5.91 Å². The number of nitrogens with one attached hydrogen (secondary N) is 3. The summed E-state index contributed by atoms with van der Waals surface area (Å²) >= 11 is 0. The van der Waals surface area contributed by atoms with Crippen LogP contribution >= 0.6 is 0 Å². The molecule has 1 saturated heterocycles. The van der Waals surface area contributed by atoms with Gasteiger partial charge in [0.25, 0.3) is 0 Å². The van der Waals surface area contributed by atoms with E-state index in [1.54, 1.807) is 7.05 Å². The zero-order valence-electron chi connectivity index (χ0n) is 17.3. The molecule has 1 atom stereocenters. The van der Waals surface area contributed by atoms with Crippen LogP contribution in [0.4, 0.5) is 5.69 Å². The summed E-state index contributed by atoms with van der Waals surface area (Å²) in [4.78, 5) is 16.0. The molecule has 156 valence electrons. The Bertz CT molecular complexity index is 611. The van der Waals surface area contributed by atoms with E-state index in [0.29, 0.717) is 12.5 Å². The van der Waals surface area contributed by atoms with Crippen molar-refractivity contribution in [1.82, 2.24) is 10.6 Å². The summed E-state index contributed by atoms with van der Waals surface area (Å²) in [7, 11) is 1.76. The third kappa shape index (κ3) is 8.27. The van der Waals surface area contributed by atoms with Crippen LogP contribution in [0, 0.1) is 11.8 Å². The van der Waals surface area contributed by atoms with E-state index >= 15 is 0 Å². The van der Waals surface area contributed by atoms with Crippen LogP contribution in [0.2, 0.25) is 0 Å². The van der Waals surface area contributed by atoms with Gasteiger partial charge in [0.1, 0.15) is 0 Å². The van der Waals surface area contributed by atoms with Crippen LogP contribution in [0.5, 0.6) is 0 Å². The lowest BCUT2D eigenvalue weighted by atomic mass is 10.1. The molecule has 0 aromatic heterocycles. The van der Waals surface area contributed by atoms with Crippen molar-refractivity contribution in [3.63, 3.8) is 0 Å². The van der Waals surface area contributed by atoms with Gasteiger partial charge < -0.3 is 25.4 Å². The van der Waals surface area contributed by atoms with Crippen molar-refractivity contribution in [3.05, 3.63) is 29.8 Å². The van der Waals surface area contributed by atoms with Gasteiger partial charge in [-0.2, -0.15) is 0 Å². The molecule has 2 rings (SSSR count). The molecule has 1 unspecified atom stereocenters. The predicted molar refractivity (Wildman–Crippen MR) is 112 cm³/mol. The standard InChI is InChI=1S/C21H34N4O3/c1-16(2)20(26)25-19-7-5-17(6-8-19)13-24-21(22-3)23-10-4-11-27-14-18-9-12-28-15-18/h5-8,16,18H,4,9-15H2,1-3H3,(H,25,26)(H2,22,23,24). The fourth-order valence-corrected chi connectivity index (χ4v) is 2.74. The van der Waals surface area contributed by atoms with E-state index in [2.05, 4.69) is 20.9 Å². The minimum absolute atomic E-state index is 0.0241. The fourth-order valence-electron chi connectivity index (χ4n) is 2.74. The fraction of sp³-hybridized carbons (Fsp3) is 0.619. The minimum atomic E-state index is -0.0298. The number of rotatable bonds is 10. The van der Waals surface area contributed by atoms with E-state index in [4.69, 9.17) is 9.47 Å². The third-order valence-corrected chi connectivity index (χ3v) is 4.56. The molecular weight excluding hydrogens is 356 g/mol. The Balaban J connectivity index is 1.60. The lowest BCUT2D eigenvalue weighted by molar-refractivity contribution is -0.118. The summed E-state index contributed by atoms with van der Waals surface area (Å²) in [6.07, 6.45) is 2.04. The van der Waals surface area contributed by atoms with Crippen molar-refractivity contribution < 1.29 is 14.3 Å². The molecule has 0 bridgehead atoms. The summed E-state index contributed by atoms with van der Waals surface area (Å²) in [5.74, 6) is 1.32. The number of guanidine groups is 1. The van der Waals surface area contributed by atoms with Crippen LogP contribution in [-0.2, 0) is 20.8 Å². The summed E-state index contributed by atoms with van der Waals surface area (Å²) in [6.45, 7) is 8.46. The zero-order chi connectivity index (χ0) is 20.2. The Hall–Kier alpha value is -2.12. The molecule has 0 saturated carbocycles. The van der Waals surface area contributed by atoms with Crippen LogP contribution in [0.1, 0.15) is 32.3 Å². The molecule has 7 heteroatoms. The number of anilines is 1. The Kier molecular flexibility index (Phi) is 9.79. The summed E-state index contributed by atoms with van der Waals surface area (Å²) in [6, 6.07) is 7.83. The summed E-state index contributed by atoms with van der Waals surface area (Å²) in [5.41, 5.74) is 1.93. The van der Waals surface area contributed by atoms with Gasteiger partial charge in [-0.1, -0.05) is 26.0 Å². The molecule has 1 heterocycles. The number of hydrogen-bond acceptors (Lipinski definition) is 4. The van der Waals surface area contributed by atoms with E-state index in [1.165, 1.54) is 0 Å². The molecule has 0 radical (unpaired) electrons. The largest absolute Gasteiger partial charge is 0.381 e. The molecule has 3 N–H and O–H groups in total. The molecule has 1 aromatic rings. The number of amides is 1. The Labute approximate surface area is 168 Å². The molecule has 28 heavy (non-hydrogen) atoms. The number of carbonyl (C=O) groups excluding carboxylic acids is 1. The van der Waals surface area contributed by atoms with E-state index in [0.717, 1.165) is 63.0 Å². The first-order chi connectivity index (χ1) is 13.6. The van der Waals surface area contributed by atoms with Crippen molar-refractivity contribution in [1.29, 1.82) is 0 Å². The third-order valence-electron chi connectivity index (χ3n) is 4.56. The maximum atomic E-state index is 11.7. The summed E-state index contributed by atoms with van der Waals surface area (Å²) < 4.78 is 11.0. The molecule has 0 aliphatic carbocycles. The van der Waals surface area contributed by atoms with E-state index < -0.39 is 0 Å². The van der Waals surface area contributed by atoms with Crippen molar-refractivity contribution in [2.24, 2.45) is 16.8 Å². The topological polar surface area (TPSA) is 84.0 Å². The zero-order valence-corrected chi connectivity index (χ0v) is 17.3. The van der Waals surface area contributed by atoms with Gasteiger partial charge in [-0.15, -0.1) is 0 Å². The minimum Gasteiger partial charge on any atom is -0.381 e. The van der Waals surface area contributed by atoms with Crippen molar-refractivity contribution in [3.8, 4) is 0 Å². The molecule has 1 aliphatic rings. The number of hydrogen-bond donors (Lipinski definition) is 3. The van der Waals surface area contributed by atoms with Crippen LogP contribution in [0.25, 0.3) is 0 Å². The number of aliphatic imine (C=N–C) groups is 1. The first-order valence-electron chi connectivity index (χ1n) is 10.1. The lowest BCUT2D eigenvalue weighted by Crippen LogP contribution is -2.37. The van der Waals surface area contributed by atoms with E-state index in [1.807, 2.05) is 38.1 Å². The normalized spacial score (nSPS) is 17.0. The van der Waals surface area contributed by atoms with Crippen molar-refractivity contribution in [2.75, 3.05) is 45.3 Å². The lowest BCUT2D eigenvalue weighted by Gasteiger charge is -2.13. The molecule has 1 aromatic carbocycles. The number of benzene rings is 1. The molecular formula is C21H34N4O3. The second-order valence-electron chi connectivity index (χ2n) is 7.35. The van der Waals surface area contributed by atoms with Crippen LogP contribution in [-0.4, -0.2) is 51.9 Å². The highest BCUT2D eigenvalue weighted by Crippen LogP contribution is 2.12. The average molecular weight is 391 g/mol. The van der Waals surface area contributed by atoms with E-state index in [-0.39, 0.29) is 11.8 Å². The van der Waals surface area contributed by atoms with Gasteiger partial charge in [0, 0.05) is 50.9 Å². The van der Waals surface area contributed by atoms with Crippen LogP contribution in [0.3, 0.4) is 0 Å². The molecule has 1 fully saturated rings. The predicted octanol–water partition coefficient (Wildman–Crippen LogP) is 2.39. The van der Waals surface area contributed by atoms with Gasteiger partial charge in [-0.25, -0.2) is 0 Å². The Morgan fingerprint density at radius 2 is 2.07 bits per heavy atom. The van der Waals surface area contributed by atoms with Crippen molar-refractivity contribution >= 4 is 17.6 Å². The van der Waals surface area contributed by atoms with Gasteiger partial charge in [0.05, 0.1) is 13.2 Å². The number of ether oxygens (including phenoxy) is 2. The van der Waals surface area contributed by atoms with Gasteiger partial charge >= 0.3 is 0 Å².